The molecule has 0 bridgehead atoms. The number of aryl methyl sites for hydroxylation is 1. The van der Waals surface area contributed by atoms with Crippen LogP contribution in [0.4, 0.5) is 0 Å². The van der Waals surface area contributed by atoms with Crippen LogP contribution in [-0.4, -0.2) is 46.4 Å². The fraction of sp³-hybridized carbons (Fsp3) is 0.750. The lowest BCUT2D eigenvalue weighted by atomic mass is 10.2. The summed E-state index contributed by atoms with van der Waals surface area (Å²) in [5, 5.41) is 0. The van der Waals surface area contributed by atoms with E-state index < -0.39 is 40.6 Å². The molecule has 2 heterocycles. The number of nitrogens with two attached hydrogens (primary N) is 1. The van der Waals surface area contributed by atoms with Crippen LogP contribution in [0.2, 0.25) is 0 Å². The molecule has 0 saturated carbocycles. The van der Waals surface area contributed by atoms with Crippen molar-refractivity contribution in [2.24, 2.45) is 5.73 Å². The molecule has 0 radical (unpaired) electrons. The molecular weight excluding hydrogens is 424 g/mol. The Labute approximate surface area is 170 Å². The van der Waals surface area contributed by atoms with Crippen LogP contribution < -0.4 is 11.4 Å². The zero-order valence-corrected chi connectivity index (χ0v) is 18.3. The summed E-state index contributed by atoms with van der Waals surface area (Å²) in [6, 6.07) is 1.65. The molecule has 0 aliphatic carbocycles. The Hall–Kier alpha value is -0.900. The Morgan fingerprint density at radius 1 is 1.31 bits per heavy atom. The lowest BCUT2D eigenvalue weighted by Crippen LogP contribution is -2.28. The standard InChI is InChI=1S/C16H29N3O8P2/c1-12-6-8-19(16(20)18-12)15-10-13(27-28(21)22)14(26-15)11-25-29(23)24-9-5-3-2-4-7-17/h6,8,13-15,28-29H,2-5,7,9-11,17H2,1H3,(H,21,22)/t13-,14+,15+/m0/s1. The van der Waals surface area contributed by atoms with Crippen LogP contribution in [0.3, 0.4) is 0 Å². The largest absolute Gasteiger partial charge is 0.349 e. The van der Waals surface area contributed by atoms with Crippen LogP contribution in [0.1, 0.15) is 44.0 Å². The summed E-state index contributed by atoms with van der Waals surface area (Å²) in [6.07, 6.45) is 3.00. The average Bonchev–Trinajstić information content (AvgIpc) is 3.04. The average molecular weight is 453 g/mol. The maximum atomic E-state index is 12.1. The van der Waals surface area contributed by atoms with Crippen molar-refractivity contribution in [3.63, 3.8) is 0 Å². The Balaban J connectivity index is 1.86. The minimum atomic E-state index is -3.23. The van der Waals surface area contributed by atoms with Gasteiger partial charge in [0.25, 0.3) is 0 Å². The van der Waals surface area contributed by atoms with Gasteiger partial charge in [0.15, 0.2) is 0 Å². The highest BCUT2D eigenvalue weighted by Crippen LogP contribution is 2.36. The molecular formula is C16H29N3O8P2. The first-order chi connectivity index (χ1) is 13.9. The van der Waals surface area contributed by atoms with Gasteiger partial charge >= 0.3 is 22.2 Å². The maximum Gasteiger partial charge on any atom is 0.349 e. The highest BCUT2D eigenvalue weighted by Gasteiger charge is 2.39. The third kappa shape index (κ3) is 8.39. The predicted molar refractivity (Wildman–Crippen MR) is 106 cm³/mol. The molecule has 0 amide bonds. The fourth-order valence-corrected chi connectivity index (χ4v) is 4.14. The smallest absolute Gasteiger partial charge is 0.349 e. The number of unbranched alkanes of at least 4 members (excludes halogenated alkanes) is 3. The van der Waals surface area contributed by atoms with Crippen molar-refractivity contribution in [2.75, 3.05) is 19.8 Å². The van der Waals surface area contributed by atoms with Crippen molar-refractivity contribution >= 4 is 16.5 Å². The first kappa shape index (κ1) is 24.4. The van der Waals surface area contributed by atoms with Crippen LogP contribution in [-0.2, 0) is 27.4 Å². The van der Waals surface area contributed by atoms with Gasteiger partial charge < -0.3 is 28.9 Å². The van der Waals surface area contributed by atoms with E-state index in [0.29, 0.717) is 18.8 Å². The summed E-state index contributed by atoms with van der Waals surface area (Å²) < 4.78 is 45.5. The number of aromatic nitrogens is 2. The molecule has 3 N–H and O–H groups in total. The molecule has 1 aliphatic heterocycles. The lowest BCUT2D eigenvalue weighted by molar-refractivity contribution is -0.0384. The highest BCUT2D eigenvalue weighted by atomic mass is 31.1. The Morgan fingerprint density at radius 2 is 2.07 bits per heavy atom. The first-order valence-electron chi connectivity index (χ1n) is 9.51. The molecule has 13 heteroatoms. The van der Waals surface area contributed by atoms with Crippen LogP contribution in [0.15, 0.2) is 17.1 Å². The second kappa shape index (κ2) is 12.7. The Morgan fingerprint density at radius 3 is 2.76 bits per heavy atom. The van der Waals surface area contributed by atoms with E-state index in [1.165, 1.54) is 10.8 Å². The number of rotatable bonds is 13. The van der Waals surface area contributed by atoms with E-state index in [9.17, 15) is 13.9 Å². The van der Waals surface area contributed by atoms with Crippen LogP contribution in [0.5, 0.6) is 0 Å². The van der Waals surface area contributed by atoms with Gasteiger partial charge in [-0.2, -0.15) is 4.98 Å². The first-order valence-corrected chi connectivity index (χ1v) is 12.0. The quantitative estimate of drug-likeness (QED) is 0.332. The van der Waals surface area contributed by atoms with Gasteiger partial charge in [-0.1, -0.05) is 12.8 Å². The minimum absolute atomic E-state index is 0.151. The summed E-state index contributed by atoms with van der Waals surface area (Å²) in [5.41, 5.74) is 5.48. The van der Waals surface area contributed by atoms with Crippen molar-refractivity contribution < 1.29 is 32.3 Å². The molecule has 1 aromatic rings. The van der Waals surface area contributed by atoms with E-state index in [0.717, 1.165) is 25.7 Å². The van der Waals surface area contributed by atoms with Crippen molar-refractivity contribution in [3.05, 3.63) is 28.4 Å². The number of hydrogen-bond acceptors (Lipinski definition) is 9. The number of ether oxygens (including phenoxy) is 1. The van der Waals surface area contributed by atoms with E-state index in [1.807, 2.05) is 0 Å². The molecule has 2 rings (SSSR count). The Bertz CT molecular complexity index is 747. The second-order valence-corrected chi connectivity index (χ2v) is 8.50. The van der Waals surface area contributed by atoms with Gasteiger partial charge in [0.1, 0.15) is 12.3 Å². The monoisotopic (exact) mass is 453 g/mol. The zero-order chi connectivity index (χ0) is 21.2. The number of hydrogen-bond donors (Lipinski definition) is 2. The lowest BCUT2D eigenvalue weighted by Gasteiger charge is -2.17. The molecule has 0 aromatic carbocycles. The van der Waals surface area contributed by atoms with E-state index in [2.05, 4.69) is 4.98 Å². The molecule has 1 aliphatic rings. The molecule has 1 aromatic heterocycles. The van der Waals surface area contributed by atoms with E-state index in [1.54, 1.807) is 13.0 Å². The number of nitrogens with zero attached hydrogens (tertiary/aromatic N) is 2. The van der Waals surface area contributed by atoms with E-state index >= 15 is 0 Å². The van der Waals surface area contributed by atoms with Gasteiger partial charge in [-0.25, -0.2) is 4.79 Å². The van der Waals surface area contributed by atoms with Crippen LogP contribution >= 0.6 is 16.5 Å². The van der Waals surface area contributed by atoms with Gasteiger partial charge in [-0.3, -0.25) is 13.7 Å². The van der Waals surface area contributed by atoms with Gasteiger partial charge in [0.05, 0.1) is 19.3 Å². The molecule has 1 fully saturated rings. The molecule has 166 valence electrons. The van der Waals surface area contributed by atoms with Gasteiger partial charge in [0.2, 0.25) is 0 Å². The summed E-state index contributed by atoms with van der Waals surface area (Å²) >= 11 is 0. The minimum Gasteiger partial charge on any atom is -0.349 e. The van der Waals surface area contributed by atoms with Gasteiger partial charge in [-0.15, -0.1) is 0 Å². The molecule has 2 unspecified atom stereocenters. The summed E-state index contributed by atoms with van der Waals surface area (Å²) in [7, 11) is -5.97. The maximum absolute atomic E-state index is 12.1. The van der Waals surface area contributed by atoms with Crippen molar-refractivity contribution in [3.8, 4) is 0 Å². The summed E-state index contributed by atoms with van der Waals surface area (Å²) in [4.78, 5) is 25.0. The topological polar surface area (TPSA) is 152 Å². The van der Waals surface area contributed by atoms with Crippen molar-refractivity contribution in [1.82, 2.24) is 9.55 Å². The van der Waals surface area contributed by atoms with Crippen LogP contribution in [0.25, 0.3) is 0 Å². The van der Waals surface area contributed by atoms with Gasteiger partial charge in [0, 0.05) is 18.3 Å². The van der Waals surface area contributed by atoms with Gasteiger partial charge in [-0.05, 0) is 32.4 Å². The highest BCUT2D eigenvalue weighted by molar-refractivity contribution is 7.33. The van der Waals surface area contributed by atoms with E-state index in [4.69, 9.17) is 28.9 Å². The third-order valence-corrected chi connectivity index (χ3v) is 5.74. The molecule has 29 heavy (non-hydrogen) atoms. The summed E-state index contributed by atoms with van der Waals surface area (Å²) in [6.45, 7) is 2.50. The van der Waals surface area contributed by atoms with Crippen LogP contribution in [0, 0.1) is 6.92 Å². The third-order valence-electron chi connectivity index (χ3n) is 4.40. The second-order valence-electron chi connectivity index (χ2n) is 6.66. The Kier molecular flexibility index (Phi) is 10.7. The fourth-order valence-electron chi connectivity index (χ4n) is 2.94. The van der Waals surface area contributed by atoms with Crippen molar-refractivity contribution in [1.29, 1.82) is 0 Å². The predicted octanol–water partition coefficient (Wildman–Crippen LogP) is 1.55. The SMILES string of the molecule is Cc1ccn([C@H]2C[C@H](O[PH](=O)O)[C@@H](CO[PH](=O)OCCCCCCN)O2)c(=O)n1. The normalized spacial score (nSPS) is 23.9. The van der Waals surface area contributed by atoms with E-state index in [-0.39, 0.29) is 13.0 Å². The van der Waals surface area contributed by atoms with Crippen molar-refractivity contribution in [2.45, 2.75) is 57.5 Å². The molecule has 1 saturated heterocycles. The molecule has 0 spiro atoms. The summed E-state index contributed by atoms with van der Waals surface area (Å²) in [5.74, 6) is 0. The molecule has 5 atom stereocenters. The zero-order valence-electron chi connectivity index (χ0n) is 16.3. The molecule has 11 nitrogen and oxygen atoms in total.